The number of hydrogen-bond acceptors (Lipinski definition) is 5. The summed E-state index contributed by atoms with van der Waals surface area (Å²) in [6.45, 7) is 0.626. The Bertz CT molecular complexity index is 398. The maximum Gasteiger partial charge on any atom is 0.332 e. The summed E-state index contributed by atoms with van der Waals surface area (Å²) in [6, 6.07) is 0. The van der Waals surface area contributed by atoms with Gasteiger partial charge >= 0.3 is 5.97 Å². The van der Waals surface area contributed by atoms with Gasteiger partial charge in [0.15, 0.2) is 15.9 Å². The molecule has 2 aliphatic heterocycles. The molecular weight excluding hydrogens is 260 g/mol. The minimum absolute atomic E-state index is 0.0185. The zero-order valence-electron chi connectivity index (χ0n) is 10.1. The molecule has 0 aromatic heterocycles. The van der Waals surface area contributed by atoms with E-state index in [1.165, 1.54) is 0 Å². The van der Waals surface area contributed by atoms with Crippen molar-refractivity contribution < 1.29 is 27.8 Å². The predicted octanol–water partition coefficient (Wildman–Crippen LogP) is 0.212. The summed E-state index contributed by atoms with van der Waals surface area (Å²) < 4.78 is 34.3. The monoisotopic (exact) mass is 278 g/mol. The summed E-state index contributed by atoms with van der Waals surface area (Å²) in [7, 11) is -3.24. The first-order valence-electron chi connectivity index (χ1n) is 6.16. The second-order valence-electron chi connectivity index (χ2n) is 4.87. The molecular formula is C11H18O6S. The van der Waals surface area contributed by atoms with Gasteiger partial charge in [-0.15, -0.1) is 0 Å². The van der Waals surface area contributed by atoms with Crippen LogP contribution in [-0.2, 0) is 24.1 Å². The SMILES string of the molecule is O=C(O)C1CCC(CS(=O)(=O)CC2CCCO2)O1. The Hall–Kier alpha value is -0.660. The van der Waals surface area contributed by atoms with Crippen LogP contribution in [0.25, 0.3) is 0 Å². The minimum atomic E-state index is -3.24. The summed E-state index contributed by atoms with van der Waals surface area (Å²) in [5.41, 5.74) is 0. The maximum atomic E-state index is 11.9. The van der Waals surface area contributed by atoms with Gasteiger partial charge in [-0.2, -0.15) is 0 Å². The number of carbonyl (C=O) groups is 1. The van der Waals surface area contributed by atoms with Gasteiger partial charge in [-0.3, -0.25) is 0 Å². The van der Waals surface area contributed by atoms with Crippen LogP contribution in [-0.4, -0.2) is 55.9 Å². The van der Waals surface area contributed by atoms with Gasteiger partial charge in [0.2, 0.25) is 0 Å². The Morgan fingerprint density at radius 3 is 2.44 bits per heavy atom. The molecule has 3 unspecified atom stereocenters. The van der Waals surface area contributed by atoms with Crippen LogP contribution >= 0.6 is 0 Å². The standard InChI is InChI=1S/C11H18O6S/c12-11(13)10-4-3-9(17-10)7-18(14,15)6-8-2-1-5-16-8/h8-10H,1-7H2,(H,12,13). The molecule has 7 heteroatoms. The molecule has 0 aromatic rings. The van der Waals surface area contributed by atoms with Crippen LogP contribution in [0.3, 0.4) is 0 Å². The van der Waals surface area contributed by atoms with Gasteiger partial charge in [0, 0.05) is 6.61 Å². The molecule has 2 rings (SSSR count). The number of ether oxygens (including phenoxy) is 2. The largest absolute Gasteiger partial charge is 0.479 e. The fourth-order valence-corrected chi connectivity index (χ4v) is 4.20. The Morgan fingerprint density at radius 1 is 1.17 bits per heavy atom. The van der Waals surface area contributed by atoms with Gasteiger partial charge in [0.25, 0.3) is 0 Å². The molecule has 0 bridgehead atoms. The van der Waals surface area contributed by atoms with Crippen molar-refractivity contribution in [2.24, 2.45) is 0 Å². The van der Waals surface area contributed by atoms with Crippen molar-refractivity contribution in [3.8, 4) is 0 Å². The van der Waals surface area contributed by atoms with E-state index in [2.05, 4.69) is 0 Å². The first-order chi connectivity index (χ1) is 8.46. The highest BCUT2D eigenvalue weighted by molar-refractivity contribution is 7.91. The Labute approximate surface area is 106 Å². The molecule has 2 aliphatic rings. The molecule has 0 spiro atoms. The highest BCUT2D eigenvalue weighted by atomic mass is 32.2. The highest BCUT2D eigenvalue weighted by Crippen LogP contribution is 2.22. The van der Waals surface area contributed by atoms with Gasteiger partial charge in [-0.05, 0) is 25.7 Å². The van der Waals surface area contributed by atoms with Gasteiger partial charge in [0.05, 0.1) is 23.7 Å². The zero-order chi connectivity index (χ0) is 13.2. The lowest BCUT2D eigenvalue weighted by atomic mass is 10.2. The average molecular weight is 278 g/mol. The number of aliphatic carboxylic acids is 1. The van der Waals surface area contributed by atoms with E-state index in [4.69, 9.17) is 14.6 Å². The molecule has 0 radical (unpaired) electrons. The molecule has 6 nitrogen and oxygen atoms in total. The van der Waals surface area contributed by atoms with Gasteiger partial charge in [0.1, 0.15) is 0 Å². The predicted molar refractivity (Wildman–Crippen MR) is 63.2 cm³/mol. The fourth-order valence-electron chi connectivity index (χ4n) is 2.42. The van der Waals surface area contributed by atoms with E-state index in [-0.39, 0.29) is 17.6 Å². The third-order valence-electron chi connectivity index (χ3n) is 3.29. The second kappa shape index (κ2) is 5.54. The van der Waals surface area contributed by atoms with Gasteiger partial charge in [-0.1, -0.05) is 0 Å². The Kier molecular flexibility index (Phi) is 4.24. The molecule has 2 heterocycles. The van der Waals surface area contributed by atoms with E-state index in [1.54, 1.807) is 0 Å². The topological polar surface area (TPSA) is 89.9 Å². The van der Waals surface area contributed by atoms with Crippen LogP contribution in [0.2, 0.25) is 0 Å². The summed E-state index contributed by atoms with van der Waals surface area (Å²) in [6.07, 6.45) is 1.01. The van der Waals surface area contributed by atoms with Crippen molar-refractivity contribution in [2.45, 2.75) is 44.0 Å². The molecule has 2 fully saturated rings. The summed E-state index contributed by atoms with van der Waals surface area (Å²) in [5, 5.41) is 8.76. The quantitative estimate of drug-likeness (QED) is 0.773. The lowest BCUT2D eigenvalue weighted by molar-refractivity contribution is -0.148. The number of carboxylic acids is 1. The van der Waals surface area contributed by atoms with E-state index in [9.17, 15) is 13.2 Å². The van der Waals surface area contributed by atoms with Crippen LogP contribution in [0, 0.1) is 0 Å². The van der Waals surface area contributed by atoms with E-state index in [1.807, 2.05) is 0 Å². The van der Waals surface area contributed by atoms with E-state index < -0.39 is 28.0 Å². The molecule has 104 valence electrons. The minimum Gasteiger partial charge on any atom is -0.479 e. The van der Waals surface area contributed by atoms with Crippen LogP contribution in [0.4, 0.5) is 0 Å². The molecule has 0 amide bonds. The van der Waals surface area contributed by atoms with E-state index in [0.717, 1.165) is 12.8 Å². The van der Waals surface area contributed by atoms with Crippen LogP contribution in [0.5, 0.6) is 0 Å². The molecule has 18 heavy (non-hydrogen) atoms. The number of sulfone groups is 1. The molecule has 2 saturated heterocycles. The highest BCUT2D eigenvalue weighted by Gasteiger charge is 2.34. The number of carboxylic acid groups (broad SMARTS) is 1. The van der Waals surface area contributed by atoms with Crippen molar-refractivity contribution >= 4 is 15.8 Å². The third kappa shape index (κ3) is 3.66. The maximum absolute atomic E-state index is 11.9. The normalized spacial score (nSPS) is 32.8. The molecule has 0 saturated carbocycles. The van der Waals surface area contributed by atoms with E-state index >= 15 is 0 Å². The summed E-state index contributed by atoms with van der Waals surface area (Å²) >= 11 is 0. The molecule has 3 atom stereocenters. The van der Waals surface area contributed by atoms with Crippen LogP contribution in [0.15, 0.2) is 0 Å². The van der Waals surface area contributed by atoms with Crippen LogP contribution < -0.4 is 0 Å². The summed E-state index contributed by atoms with van der Waals surface area (Å²) in [4.78, 5) is 10.7. The molecule has 0 aromatic carbocycles. The van der Waals surface area contributed by atoms with Crippen molar-refractivity contribution in [1.29, 1.82) is 0 Å². The lowest BCUT2D eigenvalue weighted by Gasteiger charge is -2.14. The lowest BCUT2D eigenvalue weighted by Crippen LogP contribution is -2.29. The molecule has 0 aliphatic carbocycles. The zero-order valence-corrected chi connectivity index (χ0v) is 10.9. The summed E-state index contributed by atoms with van der Waals surface area (Å²) in [5.74, 6) is -1.10. The van der Waals surface area contributed by atoms with Gasteiger partial charge in [-0.25, -0.2) is 13.2 Å². The van der Waals surface area contributed by atoms with E-state index in [0.29, 0.717) is 19.4 Å². The Balaban J connectivity index is 1.83. The first-order valence-corrected chi connectivity index (χ1v) is 7.99. The van der Waals surface area contributed by atoms with Crippen molar-refractivity contribution in [3.05, 3.63) is 0 Å². The first kappa shape index (κ1) is 13.8. The number of hydrogen-bond donors (Lipinski definition) is 1. The van der Waals surface area contributed by atoms with Crippen molar-refractivity contribution in [1.82, 2.24) is 0 Å². The van der Waals surface area contributed by atoms with Crippen LogP contribution in [0.1, 0.15) is 25.7 Å². The molecule has 1 N–H and O–H groups in total. The third-order valence-corrected chi connectivity index (χ3v) is 5.05. The van der Waals surface area contributed by atoms with Gasteiger partial charge < -0.3 is 14.6 Å². The number of rotatable bonds is 5. The smallest absolute Gasteiger partial charge is 0.332 e. The second-order valence-corrected chi connectivity index (χ2v) is 7.03. The fraction of sp³-hybridized carbons (Fsp3) is 0.909. The van der Waals surface area contributed by atoms with Crippen molar-refractivity contribution in [3.63, 3.8) is 0 Å². The van der Waals surface area contributed by atoms with Crippen molar-refractivity contribution in [2.75, 3.05) is 18.1 Å². The average Bonchev–Trinajstić information content (AvgIpc) is 2.87. The Morgan fingerprint density at radius 2 is 1.89 bits per heavy atom.